The number of hydrogen-bond donors (Lipinski definition) is 1. The van der Waals surface area contributed by atoms with Crippen LogP contribution >= 0.6 is 27.3 Å². The Morgan fingerprint density at radius 2 is 2.05 bits per heavy atom. The second-order valence-corrected chi connectivity index (χ2v) is 7.21. The van der Waals surface area contributed by atoms with Crippen LogP contribution in [0.1, 0.15) is 40.3 Å². The Balaban J connectivity index is 2.47. The highest BCUT2D eigenvalue weighted by Crippen LogP contribution is 2.33. The van der Waals surface area contributed by atoms with E-state index in [1.165, 1.54) is 15.3 Å². The van der Waals surface area contributed by atoms with Gasteiger partial charge >= 0.3 is 0 Å². The number of benzene rings is 1. The molecule has 1 nitrogen and oxygen atoms in total. The van der Waals surface area contributed by atoms with Crippen LogP contribution in [0.3, 0.4) is 0 Å². The van der Waals surface area contributed by atoms with E-state index < -0.39 is 0 Å². The van der Waals surface area contributed by atoms with Crippen molar-refractivity contribution in [3.63, 3.8) is 0 Å². The second-order valence-electron chi connectivity index (χ2n) is 4.90. The summed E-state index contributed by atoms with van der Waals surface area (Å²) in [7, 11) is 0. The lowest BCUT2D eigenvalue weighted by atomic mass is 9.98. The van der Waals surface area contributed by atoms with Crippen molar-refractivity contribution in [1.29, 1.82) is 0 Å². The van der Waals surface area contributed by atoms with Gasteiger partial charge in [-0.2, -0.15) is 0 Å². The zero-order valence-electron chi connectivity index (χ0n) is 12.0. The Hall–Kier alpha value is -0.710. The third kappa shape index (κ3) is 3.30. The Morgan fingerprint density at radius 1 is 1.30 bits per heavy atom. The van der Waals surface area contributed by atoms with Gasteiger partial charge in [-0.3, -0.25) is 0 Å². The van der Waals surface area contributed by atoms with Gasteiger partial charge in [0, 0.05) is 15.3 Å². The van der Waals surface area contributed by atoms with E-state index in [9.17, 15) is 4.39 Å². The lowest BCUT2D eigenvalue weighted by molar-refractivity contribution is 0.543. The fraction of sp³-hybridized carbons (Fsp3) is 0.375. The zero-order chi connectivity index (χ0) is 14.7. The van der Waals surface area contributed by atoms with Crippen molar-refractivity contribution in [2.75, 3.05) is 6.54 Å². The van der Waals surface area contributed by atoms with Crippen molar-refractivity contribution >= 4 is 27.3 Å². The Bertz CT molecular complexity index is 594. The summed E-state index contributed by atoms with van der Waals surface area (Å²) in [6.45, 7) is 7.18. The zero-order valence-corrected chi connectivity index (χ0v) is 14.4. The number of hydrogen-bond acceptors (Lipinski definition) is 2. The Labute approximate surface area is 132 Å². The van der Waals surface area contributed by atoms with Gasteiger partial charge in [0.2, 0.25) is 0 Å². The van der Waals surface area contributed by atoms with E-state index in [4.69, 9.17) is 0 Å². The van der Waals surface area contributed by atoms with Crippen LogP contribution in [0.5, 0.6) is 0 Å². The molecule has 0 spiro atoms. The molecule has 4 heteroatoms. The monoisotopic (exact) mass is 355 g/mol. The van der Waals surface area contributed by atoms with E-state index >= 15 is 0 Å². The second kappa shape index (κ2) is 6.83. The topological polar surface area (TPSA) is 12.0 Å². The van der Waals surface area contributed by atoms with Gasteiger partial charge < -0.3 is 5.32 Å². The molecule has 108 valence electrons. The maximum atomic E-state index is 14.4. The summed E-state index contributed by atoms with van der Waals surface area (Å²) in [4.78, 5) is 2.51. The van der Waals surface area contributed by atoms with Crippen molar-refractivity contribution < 1.29 is 4.39 Å². The third-order valence-electron chi connectivity index (χ3n) is 3.28. The van der Waals surface area contributed by atoms with Crippen LogP contribution < -0.4 is 5.32 Å². The molecule has 20 heavy (non-hydrogen) atoms. The SMILES string of the molecule is CCCNC(c1cc(C)sc1C)c1cccc(Br)c1F. The fourth-order valence-electron chi connectivity index (χ4n) is 2.36. The van der Waals surface area contributed by atoms with Crippen molar-refractivity contribution in [2.45, 2.75) is 33.2 Å². The first-order valence-corrected chi connectivity index (χ1v) is 8.39. The predicted octanol–water partition coefficient (Wildman–Crippen LogP) is 5.36. The molecule has 1 heterocycles. The molecule has 1 unspecified atom stereocenters. The summed E-state index contributed by atoms with van der Waals surface area (Å²) in [5.41, 5.74) is 1.88. The summed E-state index contributed by atoms with van der Waals surface area (Å²) < 4.78 is 14.9. The number of thiophene rings is 1. The molecule has 0 amide bonds. The average Bonchev–Trinajstić information content (AvgIpc) is 2.74. The summed E-state index contributed by atoms with van der Waals surface area (Å²) in [5, 5.41) is 3.47. The molecular formula is C16H19BrFNS. The highest BCUT2D eigenvalue weighted by molar-refractivity contribution is 9.10. The molecule has 2 aromatic rings. The maximum Gasteiger partial charge on any atom is 0.142 e. The first-order valence-electron chi connectivity index (χ1n) is 6.78. The molecular weight excluding hydrogens is 337 g/mol. The van der Waals surface area contributed by atoms with E-state index in [1.807, 2.05) is 12.1 Å². The van der Waals surface area contributed by atoms with E-state index in [0.29, 0.717) is 10.0 Å². The minimum Gasteiger partial charge on any atom is -0.306 e. The van der Waals surface area contributed by atoms with Gasteiger partial charge in [0.05, 0.1) is 10.5 Å². The van der Waals surface area contributed by atoms with Crippen LogP contribution in [-0.2, 0) is 0 Å². The molecule has 0 aliphatic rings. The van der Waals surface area contributed by atoms with Crippen molar-refractivity contribution in [2.24, 2.45) is 0 Å². The Kier molecular flexibility index (Phi) is 5.35. The molecule has 1 atom stereocenters. The van der Waals surface area contributed by atoms with Gasteiger partial charge in [0.25, 0.3) is 0 Å². The normalized spacial score (nSPS) is 12.7. The molecule has 1 N–H and O–H groups in total. The van der Waals surface area contributed by atoms with Crippen LogP contribution in [0.4, 0.5) is 4.39 Å². The highest BCUT2D eigenvalue weighted by Gasteiger charge is 2.21. The van der Waals surface area contributed by atoms with Gasteiger partial charge in [-0.25, -0.2) is 4.39 Å². The molecule has 0 saturated heterocycles. The summed E-state index contributed by atoms with van der Waals surface area (Å²) in [5.74, 6) is -0.177. The van der Waals surface area contributed by atoms with E-state index in [0.717, 1.165) is 13.0 Å². The van der Waals surface area contributed by atoms with E-state index in [-0.39, 0.29) is 11.9 Å². The molecule has 1 aromatic carbocycles. The van der Waals surface area contributed by atoms with Crippen molar-refractivity contribution in [1.82, 2.24) is 5.32 Å². The van der Waals surface area contributed by atoms with Gasteiger partial charge in [-0.1, -0.05) is 19.1 Å². The Morgan fingerprint density at radius 3 is 2.65 bits per heavy atom. The van der Waals surface area contributed by atoms with Crippen LogP contribution in [0.15, 0.2) is 28.7 Å². The predicted molar refractivity (Wildman–Crippen MR) is 88.0 cm³/mol. The van der Waals surface area contributed by atoms with E-state index in [1.54, 1.807) is 17.4 Å². The highest BCUT2D eigenvalue weighted by atomic mass is 79.9. The molecule has 0 aliphatic carbocycles. The van der Waals surface area contributed by atoms with Crippen LogP contribution in [0.2, 0.25) is 0 Å². The van der Waals surface area contributed by atoms with Crippen LogP contribution in [0.25, 0.3) is 0 Å². The maximum absolute atomic E-state index is 14.4. The lowest BCUT2D eigenvalue weighted by Gasteiger charge is -2.20. The molecule has 0 saturated carbocycles. The molecule has 0 fully saturated rings. The van der Waals surface area contributed by atoms with Gasteiger partial charge in [-0.05, 0) is 60.4 Å². The molecule has 0 bridgehead atoms. The first-order chi connectivity index (χ1) is 9.54. The molecule has 2 rings (SSSR count). The minimum atomic E-state index is -0.177. The summed E-state index contributed by atoms with van der Waals surface area (Å²) in [6, 6.07) is 7.56. The summed E-state index contributed by atoms with van der Waals surface area (Å²) >= 11 is 5.04. The van der Waals surface area contributed by atoms with E-state index in [2.05, 4.69) is 48.1 Å². The van der Waals surface area contributed by atoms with Crippen molar-refractivity contribution in [3.8, 4) is 0 Å². The lowest BCUT2D eigenvalue weighted by Crippen LogP contribution is -2.24. The quantitative estimate of drug-likeness (QED) is 0.761. The molecule has 0 radical (unpaired) electrons. The van der Waals surface area contributed by atoms with Crippen LogP contribution in [-0.4, -0.2) is 6.54 Å². The fourth-order valence-corrected chi connectivity index (χ4v) is 3.70. The average molecular weight is 356 g/mol. The largest absolute Gasteiger partial charge is 0.306 e. The molecule has 1 aromatic heterocycles. The van der Waals surface area contributed by atoms with Gasteiger partial charge in [0.1, 0.15) is 5.82 Å². The standard InChI is InChI=1S/C16H19BrFNS/c1-4-8-19-16(13-9-10(2)20-11(13)3)12-6-5-7-14(17)15(12)18/h5-7,9,16,19H,4,8H2,1-3H3. The van der Waals surface area contributed by atoms with Crippen molar-refractivity contribution in [3.05, 3.63) is 55.4 Å². The minimum absolute atomic E-state index is 0.0857. The smallest absolute Gasteiger partial charge is 0.142 e. The number of aryl methyl sites for hydroxylation is 2. The number of rotatable bonds is 5. The summed E-state index contributed by atoms with van der Waals surface area (Å²) in [6.07, 6.45) is 1.02. The van der Waals surface area contributed by atoms with Gasteiger partial charge in [0.15, 0.2) is 0 Å². The third-order valence-corrected chi connectivity index (χ3v) is 4.88. The molecule has 0 aliphatic heterocycles. The number of nitrogens with one attached hydrogen (secondary N) is 1. The van der Waals surface area contributed by atoms with Crippen LogP contribution in [0, 0.1) is 19.7 Å². The number of halogens is 2. The van der Waals surface area contributed by atoms with Gasteiger partial charge in [-0.15, -0.1) is 11.3 Å². The first kappa shape index (κ1) is 15.7.